The van der Waals surface area contributed by atoms with E-state index >= 15 is 0 Å². The van der Waals surface area contributed by atoms with Crippen molar-refractivity contribution in [1.29, 1.82) is 0 Å². The van der Waals surface area contributed by atoms with E-state index in [-0.39, 0.29) is 0 Å². The van der Waals surface area contributed by atoms with E-state index in [1.165, 1.54) is 0 Å². The van der Waals surface area contributed by atoms with Crippen molar-refractivity contribution in [3.63, 3.8) is 0 Å². The van der Waals surface area contributed by atoms with Crippen molar-refractivity contribution >= 4 is 21.7 Å². The molecule has 1 aromatic rings. The number of Topliss-reactive ketones (excluding diaryl/α,β-unsaturated/α-hetero) is 1. The third-order valence-corrected chi connectivity index (χ3v) is 4.09. The van der Waals surface area contributed by atoms with Crippen LogP contribution in [-0.2, 0) is 11.2 Å². The molecule has 0 radical (unpaired) electrons. The van der Waals surface area contributed by atoms with Gasteiger partial charge in [0.15, 0.2) is 0 Å². The Kier molecular flexibility index (Phi) is 4.78. The molecular weight excluding hydrogens is 294 g/mol. The summed E-state index contributed by atoms with van der Waals surface area (Å²) in [6.07, 6.45) is 2.27. The summed E-state index contributed by atoms with van der Waals surface area (Å²) in [6, 6.07) is 5.74. The number of hydrogen-bond acceptors (Lipinski definition) is 3. The Labute approximate surface area is 116 Å². The number of methoxy groups -OCH3 is 1. The van der Waals surface area contributed by atoms with Gasteiger partial charge in [0.25, 0.3) is 0 Å². The maximum Gasteiger partial charge on any atom is 0.137 e. The Bertz CT molecular complexity index is 428. The minimum Gasteiger partial charge on any atom is -0.497 e. The Morgan fingerprint density at radius 1 is 1.56 bits per heavy atom. The number of rotatable bonds is 5. The molecule has 0 aromatic heterocycles. The van der Waals surface area contributed by atoms with Gasteiger partial charge in [-0.3, -0.25) is 4.79 Å². The van der Waals surface area contributed by atoms with Gasteiger partial charge in [0, 0.05) is 17.3 Å². The zero-order chi connectivity index (χ0) is 13.0. The second-order valence-corrected chi connectivity index (χ2v) is 5.59. The molecule has 0 bridgehead atoms. The van der Waals surface area contributed by atoms with Crippen molar-refractivity contribution in [3.05, 3.63) is 28.2 Å². The maximum atomic E-state index is 12.0. The third kappa shape index (κ3) is 3.56. The van der Waals surface area contributed by atoms with Crippen molar-refractivity contribution in [2.24, 2.45) is 5.92 Å². The smallest absolute Gasteiger partial charge is 0.137 e. The summed E-state index contributed by atoms with van der Waals surface area (Å²) in [5.41, 5.74) is 1.00. The zero-order valence-corrected chi connectivity index (χ0v) is 12.1. The van der Waals surface area contributed by atoms with Crippen LogP contribution in [0.3, 0.4) is 0 Å². The molecule has 4 heteroatoms. The highest BCUT2D eigenvalue weighted by molar-refractivity contribution is 9.10. The first-order valence-electron chi connectivity index (χ1n) is 6.24. The van der Waals surface area contributed by atoms with Gasteiger partial charge in [-0.15, -0.1) is 0 Å². The van der Waals surface area contributed by atoms with Crippen LogP contribution in [0.15, 0.2) is 22.7 Å². The molecule has 1 unspecified atom stereocenters. The average molecular weight is 312 g/mol. The molecular formula is C14H18BrNO2. The minimum atomic E-state index is 0.303. The number of halogens is 1. The van der Waals surface area contributed by atoms with Crippen LogP contribution in [0, 0.1) is 5.92 Å². The molecule has 1 atom stereocenters. The lowest BCUT2D eigenvalue weighted by Gasteiger charge is -2.09. The predicted octanol–water partition coefficient (Wildman–Crippen LogP) is 2.57. The van der Waals surface area contributed by atoms with E-state index in [1.54, 1.807) is 7.11 Å². The normalized spacial score (nSPS) is 18.9. The van der Waals surface area contributed by atoms with Crippen molar-refractivity contribution in [2.45, 2.75) is 19.3 Å². The monoisotopic (exact) mass is 311 g/mol. The molecule has 98 valence electrons. The van der Waals surface area contributed by atoms with E-state index in [4.69, 9.17) is 4.74 Å². The van der Waals surface area contributed by atoms with Crippen LogP contribution in [0.1, 0.15) is 18.4 Å². The number of hydrogen-bond donors (Lipinski definition) is 1. The Morgan fingerprint density at radius 3 is 3.06 bits per heavy atom. The van der Waals surface area contributed by atoms with Crippen molar-refractivity contribution in [3.8, 4) is 5.75 Å². The lowest BCUT2D eigenvalue weighted by atomic mass is 9.98. The van der Waals surface area contributed by atoms with E-state index in [0.717, 1.165) is 35.3 Å². The lowest BCUT2D eigenvalue weighted by Crippen LogP contribution is -2.14. The van der Waals surface area contributed by atoms with E-state index in [0.29, 0.717) is 24.5 Å². The minimum absolute atomic E-state index is 0.303. The lowest BCUT2D eigenvalue weighted by molar-refractivity contribution is -0.119. The van der Waals surface area contributed by atoms with Gasteiger partial charge < -0.3 is 10.1 Å². The van der Waals surface area contributed by atoms with E-state index in [2.05, 4.69) is 21.2 Å². The van der Waals surface area contributed by atoms with Gasteiger partial charge >= 0.3 is 0 Å². The molecule has 1 aliphatic rings. The van der Waals surface area contributed by atoms with Gasteiger partial charge in [-0.05, 0) is 49.2 Å². The van der Waals surface area contributed by atoms with Gasteiger partial charge in [-0.1, -0.05) is 15.9 Å². The number of carbonyl (C=O) groups excluding carboxylic acids is 1. The first-order chi connectivity index (χ1) is 8.69. The Balaban J connectivity index is 1.97. The standard InChI is InChI=1S/C14H18BrNO2/c1-18-13-2-3-14(15)11(8-13)7-12(17)6-10-4-5-16-9-10/h2-3,8,10,16H,4-7,9H2,1H3. The fourth-order valence-electron chi connectivity index (χ4n) is 2.31. The first kappa shape index (κ1) is 13.6. The van der Waals surface area contributed by atoms with E-state index in [9.17, 15) is 4.79 Å². The zero-order valence-electron chi connectivity index (χ0n) is 10.5. The van der Waals surface area contributed by atoms with Gasteiger partial charge in [0.1, 0.15) is 11.5 Å². The highest BCUT2D eigenvalue weighted by Crippen LogP contribution is 2.24. The largest absolute Gasteiger partial charge is 0.497 e. The van der Waals surface area contributed by atoms with Crippen LogP contribution < -0.4 is 10.1 Å². The summed E-state index contributed by atoms with van der Waals surface area (Å²) < 4.78 is 6.16. The SMILES string of the molecule is COc1ccc(Br)c(CC(=O)CC2CCNC2)c1. The van der Waals surface area contributed by atoms with Crippen LogP contribution in [0.5, 0.6) is 5.75 Å². The van der Waals surface area contributed by atoms with Crippen LogP contribution in [0.2, 0.25) is 0 Å². The molecule has 2 rings (SSSR count). The molecule has 1 N–H and O–H groups in total. The van der Waals surface area contributed by atoms with Crippen LogP contribution in [0.4, 0.5) is 0 Å². The molecule has 0 spiro atoms. The summed E-state index contributed by atoms with van der Waals surface area (Å²) in [5.74, 6) is 1.61. The molecule has 0 aliphatic carbocycles. The van der Waals surface area contributed by atoms with Crippen molar-refractivity contribution in [1.82, 2.24) is 5.32 Å². The summed E-state index contributed by atoms with van der Waals surface area (Å²) in [5, 5.41) is 3.29. The molecule has 1 heterocycles. The third-order valence-electron chi connectivity index (χ3n) is 3.32. The summed E-state index contributed by atoms with van der Waals surface area (Å²) in [7, 11) is 1.64. The Hall–Kier alpha value is -0.870. The molecule has 18 heavy (non-hydrogen) atoms. The molecule has 1 aliphatic heterocycles. The molecule has 1 fully saturated rings. The second-order valence-electron chi connectivity index (χ2n) is 4.74. The Morgan fingerprint density at radius 2 is 2.39 bits per heavy atom. The summed E-state index contributed by atoms with van der Waals surface area (Å²) >= 11 is 3.48. The van der Waals surface area contributed by atoms with Gasteiger partial charge in [-0.2, -0.15) is 0 Å². The highest BCUT2D eigenvalue weighted by atomic mass is 79.9. The number of ketones is 1. The summed E-state index contributed by atoms with van der Waals surface area (Å²) in [6.45, 7) is 2.02. The predicted molar refractivity (Wildman–Crippen MR) is 75.0 cm³/mol. The average Bonchev–Trinajstić information content (AvgIpc) is 2.84. The fourth-order valence-corrected chi connectivity index (χ4v) is 2.70. The number of ether oxygens (including phenoxy) is 1. The second kappa shape index (κ2) is 6.34. The maximum absolute atomic E-state index is 12.0. The number of carbonyl (C=O) groups is 1. The van der Waals surface area contributed by atoms with Gasteiger partial charge in [0.05, 0.1) is 7.11 Å². The topological polar surface area (TPSA) is 38.3 Å². The van der Waals surface area contributed by atoms with Crippen LogP contribution in [0.25, 0.3) is 0 Å². The van der Waals surface area contributed by atoms with Crippen molar-refractivity contribution < 1.29 is 9.53 Å². The van der Waals surface area contributed by atoms with Gasteiger partial charge in [-0.25, -0.2) is 0 Å². The molecule has 0 amide bonds. The fraction of sp³-hybridized carbons (Fsp3) is 0.500. The highest BCUT2D eigenvalue weighted by Gasteiger charge is 2.18. The summed E-state index contributed by atoms with van der Waals surface area (Å²) in [4.78, 5) is 12.0. The van der Waals surface area contributed by atoms with Gasteiger partial charge in [0.2, 0.25) is 0 Å². The number of benzene rings is 1. The first-order valence-corrected chi connectivity index (χ1v) is 7.03. The molecule has 1 aromatic carbocycles. The van der Waals surface area contributed by atoms with Crippen LogP contribution in [-0.4, -0.2) is 26.0 Å². The molecule has 3 nitrogen and oxygen atoms in total. The van der Waals surface area contributed by atoms with Crippen LogP contribution >= 0.6 is 15.9 Å². The van der Waals surface area contributed by atoms with Crippen molar-refractivity contribution in [2.75, 3.05) is 20.2 Å². The van der Waals surface area contributed by atoms with E-state index < -0.39 is 0 Å². The molecule has 0 saturated carbocycles. The van der Waals surface area contributed by atoms with E-state index in [1.807, 2.05) is 18.2 Å². The molecule has 1 saturated heterocycles. The number of nitrogens with one attached hydrogen (secondary N) is 1. The quantitative estimate of drug-likeness (QED) is 0.908.